The molecule has 1 aromatic carbocycles. The van der Waals surface area contributed by atoms with Gasteiger partial charge in [0, 0.05) is 12.6 Å². The predicted octanol–water partition coefficient (Wildman–Crippen LogP) is 3.68. The van der Waals surface area contributed by atoms with Crippen LogP contribution in [0.1, 0.15) is 25.1 Å². The van der Waals surface area contributed by atoms with Crippen LogP contribution in [0.15, 0.2) is 30.3 Å². The maximum atomic E-state index is 13.1. The molecule has 2 rings (SSSR count). The summed E-state index contributed by atoms with van der Waals surface area (Å²) in [6.45, 7) is 3.53. The van der Waals surface area contributed by atoms with Crippen molar-refractivity contribution >= 4 is 11.8 Å². The fraction of sp³-hybridized carbons (Fsp3) is 0.412. The van der Waals surface area contributed by atoms with Crippen molar-refractivity contribution in [2.24, 2.45) is 5.92 Å². The number of rotatable bonds is 7. The first-order chi connectivity index (χ1) is 12.2. The highest BCUT2D eigenvalue weighted by molar-refractivity contribution is 5.44. The highest BCUT2D eigenvalue weighted by Crippen LogP contribution is 2.30. The molecule has 0 amide bonds. The van der Waals surface area contributed by atoms with Gasteiger partial charge in [-0.1, -0.05) is 26.0 Å². The Kier molecular flexibility index (Phi) is 6.36. The molecular weight excluding hydrogens is 352 g/mol. The van der Waals surface area contributed by atoms with Crippen molar-refractivity contribution in [2.45, 2.75) is 32.6 Å². The Morgan fingerprint density at radius 1 is 1.12 bits per heavy atom. The third-order valence-corrected chi connectivity index (χ3v) is 3.72. The second-order valence-corrected chi connectivity index (χ2v) is 6.12. The van der Waals surface area contributed by atoms with E-state index in [1.807, 2.05) is 13.8 Å². The van der Waals surface area contributed by atoms with Gasteiger partial charge in [-0.15, -0.1) is 0 Å². The smallest absolute Gasteiger partial charge is 0.394 e. The van der Waals surface area contributed by atoms with E-state index >= 15 is 0 Å². The molecule has 1 atom stereocenters. The van der Waals surface area contributed by atoms with Gasteiger partial charge in [0.25, 0.3) is 0 Å². The Morgan fingerprint density at radius 2 is 1.77 bits per heavy atom. The first kappa shape index (κ1) is 19.9. The van der Waals surface area contributed by atoms with E-state index in [1.54, 1.807) is 0 Å². The second-order valence-electron chi connectivity index (χ2n) is 6.12. The zero-order valence-electron chi connectivity index (χ0n) is 14.3. The van der Waals surface area contributed by atoms with Gasteiger partial charge in [0.15, 0.2) is 5.69 Å². The maximum Gasteiger partial charge on any atom is 0.433 e. The molecule has 0 spiro atoms. The number of hydrogen-bond acceptors (Lipinski definition) is 5. The number of nitrogens with zero attached hydrogens (tertiary/aromatic N) is 2. The minimum Gasteiger partial charge on any atom is -0.394 e. The summed E-state index contributed by atoms with van der Waals surface area (Å²) in [5.41, 5.74) is -0.416. The molecule has 1 heterocycles. The summed E-state index contributed by atoms with van der Waals surface area (Å²) >= 11 is 0. The van der Waals surface area contributed by atoms with Crippen molar-refractivity contribution in [2.75, 3.05) is 17.2 Å². The Bertz CT molecular complexity index is 720. The summed E-state index contributed by atoms with van der Waals surface area (Å²) in [6.07, 6.45) is -4.64. The molecule has 0 bridgehead atoms. The molecule has 26 heavy (non-hydrogen) atoms. The number of aliphatic hydroxyl groups is 1. The van der Waals surface area contributed by atoms with E-state index in [1.165, 1.54) is 24.3 Å². The summed E-state index contributed by atoms with van der Waals surface area (Å²) in [5, 5.41) is 14.8. The lowest BCUT2D eigenvalue weighted by molar-refractivity contribution is -0.141. The zero-order valence-corrected chi connectivity index (χ0v) is 14.3. The second kappa shape index (κ2) is 8.31. The van der Waals surface area contributed by atoms with Crippen molar-refractivity contribution in [3.05, 3.63) is 47.4 Å². The predicted molar refractivity (Wildman–Crippen MR) is 90.1 cm³/mol. The average Bonchev–Trinajstić information content (AvgIpc) is 2.58. The number of nitrogens with one attached hydrogen (secondary N) is 2. The molecule has 0 unspecified atom stereocenters. The van der Waals surface area contributed by atoms with E-state index in [2.05, 4.69) is 20.6 Å². The van der Waals surface area contributed by atoms with E-state index in [9.17, 15) is 22.7 Å². The number of anilines is 2. The molecule has 0 saturated heterocycles. The summed E-state index contributed by atoms with van der Waals surface area (Å²) in [7, 11) is 0. The molecule has 9 heteroatoms. The minimum absolute atomic E-state index is 0.0282. The largest absolute Gasteiger partial charge is 0.433 e. The van der Waals surface area contributed by atoms with E-state index in [0.717, 1.165) is 6.07 Å². The van der Waals surface area contributed by atoms with Crippen LogP contribution in [0.4, 0.5) is 29.3 Å². The number of benzene rings is 1. The lowest BCUT2D eigenvalue weighted by atomic mass is 10.1. The third-order valence-electron chi connectivity index (χ3n) is 3.72. The van der Waals surface area contributed by atoms with Gasteiger partial charge in [0.05, 0.1) is 12.6 Å². The molecule has 5 nitrogen and oxygen atoms in total. The van der Waals surface area contributed by atoms with Crippen molar-refractivity contribution in [1.82, 2.24) is 9.97 Å². The van der Waals surface area contributed by atoms with Gasteiger partial charge in [0.1, 0.15) is 11.6 Å². The molecule has 0 radical (unpaired) electrons. The molecule has 1 aromatic heterocycles. The maximum absolute atomic E-state index is 13.1. The number of alkyl halides is 3. The van der Waals surface area contributed by atoms with E-state index < -0.39 is 23.7 Å². The summed E-state index contributed by atoms with van der Waals surface area (Å²) in [5.74, 6) is -0.687. The van der Waals surface area contributed by atoms with E-state index in [-0.39, 0.29) is 30.8 Å². The molecule has 0 aliphatic rings. The topological polar surface area (TPSA) is 70.1 Å². The first-order valence-corrected chi connectivity index (χ1v) is 8.01. The molecule has 0 aliphatic heterocycles. The average molecular weight is 372 g/mol. The van der Waals surface area contributed by atoms with Crippen LogP contribution in [-0.2, 0) is 12.7 Å². The molecule has 0 aliphatic carbocycles. The Hall–Kier alpha value is -2.42. The van der Waals surface area contributed by atoms with Crippen molar-refractivity contribution < 1.29 is 22.7 Å². The van der Waals surface area contributed by atoms with Crippen LogP contribution in [0.25, 0.3) is 0 Å². The monoisotopic (exact) mass is 372 g/mol. The Balaban J connectivity index is 2.23. The number of aromatic nitrogens is 2. The standard InChI is InChI=1S/C17H20F4N4O/c1-10(2)13(9-26)23-16-24-14(17(19,20)21)7-15(25-16)22-8-11-3-5-12(18)6-4-11/h3-7,10,13,26H,8-9H2,1-2H3,(H2,22,23,24,25)/t13-/m0/s1. The van der Waals surface area contributed by atoms with E-state index in [4.69, 9.17) is 0 Å². The van der Waals surface area contributed by atoms with Crippen LogP contribution >= 0.6 is 0 Å². The quantitative estimate of drug-likeness (QED) is 0.647. The van der Waals surface area contributed by atoms with Crippen LogP contribution < -0.4 is 10.6 Å². The number of halogens is 4. The summed E-state index contributed by atoms with van der Waals surface area (Å²) in [4.78, 5) is 7.52. The van der Waals surface area contributed by atoms with Gasteiger partial charge < -0.3 is 15.7 Å². The number of hydrogen-bond donors (Lipinski definition) is 3. The molecule has 0 saturated carbocycles. The van der Waals surface area contributed by atoms with Gasteiger partial charge in [0.2, 0.25) is 5.95 Å². The minimum atomic E-state index is -4.64. The van der Waals surface area contributed by atoms with Gasteiger partial charge in [-0.3, -0.25) is 0 Å². The van der Waals surface area contributed by atoms with Gasteiger partial charge in [-0.25, -0.2) is 9.37 Å². The highest BCUT2D eigenvalue weighted by Gasteiger charge is 2.34. The summed E-state index contributed by atoms with van der Waals surface area (Å²) in [6, 6.07) is 5.89. The molecule has 142 valence electrons. The van der Waals surface area contributed by atoms with E-state index in [0.29, 0.717) is 5.56 Å². The van der Waals surface area contributed by atoms with Crippen molar-refractivity contribution in [1.29, 1.82) is 0 Å². The molecular formula is C17H20F4N4O. The van der Waals surface area contributed by atoms with Crippen LogP contribution in [0.2, 0.25) is 0 Å². The SMILES string of the molecule is CC(C)[C@H](CO)Nc1nc(NCc2ccc(F)cc2)cc(C(F)(F)F)n1. The normalized spacial score (nSPS) is 12.9. The lowest BCUT2D eigenvalue weighted by Crippen LogP contribution is -2.30. The Morgan fingerprint density at radius 3 is 2.31 bits per heavy atom. The van der Waals surface area contributed by atoms with Crippen molar-refractivity contribution in [3.8, 4) is 0 Å². The van der Waals surface area contributed by atoms with Gasteiger partial charge >= 0.3 is 6.18 Å². The lowest BCUT2D eigenvalue weighted by Gasteiger charge is -2.21. The van der Waals surface area contributed by atoms with Crippen LogP contribution in [0, 0.1) is 11.7 Å². The van der Waals surface area contributed by atoms with Gasteiger partial charge in [-0.2, -0.15) is 18.2 Å². The number of aliphatic hydroxyl groups excluding tert-OH is 1. The third kappa shape index (κ3) is 5.55. The van der Waals surface area contributed by atoms with Crippen LogP contribution in [0.3, 0.4) is 0 Å². The van der Waals surface area contributed by atoms with Gasteiger partial charge in [-0.05, 0) is 23.6 Å². The fourth-order valence-electron chi connectivity index (χ4n) is 2.13. The zero-order chi connectivity index (χ0) is 19.3. The first-order valence-electron chi connectivity index (χ1n) is 8.01. The highest BCUT2D eigenvalue weighted by atomic mass is 19.4. The molecule has 0 fully saturated rings. The molecule has 2 aromatic rings. The summed E-state index contributed by atoms with van der Waals surface area (Å²) < 4.78 is 52.2. The molecule has 3 N–H and O–H groups in total. The fourth-order valence-corrected chi connectivity index (χ4v) is 2.13. The Labute approximate surface area is 148 Å². The van der Waals surface area contributed by atoms with Crippen LogP contribution in [0.5, 0.6) is 0 Å². The van der Waals surface area contributed by atoms with Crippen LogP contribution in [-0.4, -0.2) is 27.7 Å². The van der Waals surface area contributed by atoms with Crippen molar-refractivity contribution in [3.63, 3.8) is 0 Å².